The van der Waals surface area contributed by atoms with Crippen LogP contribution in [0.5, 0.6) is 0 Å². The summed E-state index contributed by atoms with van der Waals surface area (Å²) in [6.07, 6.45) is 1.76. The summed E-state index contributed by atoms with van der Waals surface area (Å²) in [7, 11) is 0. The molecule has 1 amide bonds. The van der Waals surface area contributed by atoms with Crippen molar-refractivity contribution in [2.45, 2.75) is 46.6 Å². The largest absolute Gasteiger partial charge is 0.353 e. The molecule has 1 rings (SSSR count). The molecule has 0 bridgehead atoms. The fourth-order valence-corrected chi connectivity index (χ4v) is 2.00. The molecule has 1 N–H and O–H groups in total. The Morgan fingerprint density at radius 3 is 2.42 bits per heavy atom. The van der Waals surface area contributed by atoms with Gasteiger partial charge >= 0.3 is 0 Å². The Labute approximate surface area is 74.7 Å². The molecule has 1 aliphatic rings. The SMILES string of the molecule is CC[C@@H]1NC(=O)C[C@@H]1C(C)(C)C. The van der Waals surface area contributed by atoms with E-state index >= 15 is 0 Å². The Balaban J connectivity index is 2.70. The van der Waals surface area contributed by atoms with Crippen molar-refractivity contribution >= 4 is 5.91 Å². The van der Waals surface area contributed by atoms with E-state index in [2.05, 4.69) is 33.0 Å². The second-order valence-corrected chi connectivity index (χ2v) is 4.76. The third-order valence-corrected chi connectivity index (χ3v) is 2.79. The van der Waals surface area contributed by atoms with Crippen LogP contribution in [-0.4, -0.2) is 11.9 Å². The monoisotopic (exact) mass is 169 g/mol. The zero-order valence-electron chi connectivity index (χ0n) is 8.48. The molecule has 0 aromatic heterocycles. The van der Waals surface area contributed by atoms with Gasteiger partial charge in [-0.3, -0.25) is 4.79 Å². The Kier molecular flexibility index (Phi) is 2.45. The van der Waals surface area contributed by atoms with Gasteiger partial charge in [-0.1, -0.05) is 27.7 Å². The van der Waals surface area contributed by atoms with Gasteiger partial charge in [0.25, 0.3) is 0 Å². The fourth-order valence-electron chi connectivity index (χ4n) is 2.00. The van der Waals surface area contributed by atoms with E-state index in [0.29, 0.717) is 18.4 Å². The van der Waals surface area contributed by atoms with Crippen LogP contribution in [0.25, 0.3) is 0 Å². The van der Waals surface area contributed by atoms with Crippen molar-refractivity contribution in [1.29, 1.82) is 0 Å². The van der Waals surface area contributed by atoms with Crippen LogP contribution in [0.2, 0.25) is 0 Å². The van der Waals surface area contributed by atoms with Gasteiger partial charge in [-0.05, 0) is 17.8 Å². The molecule has 0 aliphatic carbocycles. The van der Waals surface area contributed by atoms with Crippen molar-refractivity contribution in [3.63, 3.8) is 0 Å². The van der Waals surface area contributed by atoms with E-state index in [4.69, 9.17) is 0 Å². The average Bonchev–Trinajstić information content (AvgIpc) is 2.29. The van der Waals surface area contributed by atoms with Gasteiger partial charge in [-0.15, -0.1) is 0 Å². The molecule has 2 nitrogen and oxygen atoms in total. The van der Waals surface area contributed by atoms with Crippen molar-refractivity contribution in [3.05, 3.63) is 0 Å². The molecule has 1 aliphatic heterocycles. The summed E-state index contributed by atoms with van der Waals surface area (Å²) in [5.74, 6) is 0.733. The summed E-state index contributed by atoms with van der Waals surface area (Å²) in [6, 6.07) is 0.400. The van der Waals surface area contributed by atoms with E-state index < -0.39 is 0 Å². The standard InChI is InChI=1S/C10H19NO/c1-5-8-7(10(2,3)4)6-9(12)11-8/h7-8H,5-6H2,1-4H3,(H,11,12)/t7-,8-/m0/s1. The molecule has 0 saturated carbocycles. The Morgan fingerprint density at radius 2 is 2.08 bits per heavy atom. The first kappa shape index (κ1) is 9.56. The number of carbonyl (C=O) groups is 1. The lowest BCUT2D eigenvalue weighted by molar-refractivity contribution is -0.119. The highest BCUT2D eigenvalue weighted by Gasteiger charge is 2.38. The molecule has 2 atom stereocenters. The van der Waals surface area contributed by atoms with Crippen LogP contribution in [-0.2, 0) is 4.79 Å². The molecule has 0 aromatic carbocycles. The maximum atomic E-state index is 11.2. The van der Waals surface area contributed by atoms with Gasteiger partial charge in [0.2, 0.25) is 5.91 Å². The molecule has 0 unspecified atom stereocenters. The molecule has 0 radical (unpaired) electrons. The van der Waals surface area contributed by atoms with Gasteiger partial charge in [0, 0.05) is 12.5 Å². The maximum Gasteiger partial charge on any atom is 0.220 e. The number of hydrogen-bond donors (Lipinski definition) is 1. The van der Waals surface area contributed by atoms with Gasteiger partial charge in [0.05, 0.1) is 0 Å². The van der Waals surface area contributed by atoms with Crippen LogP contribution < -0.4 is 5.32 Å². The van der Waals surface area contributed by atoms with Gasteiger partial charge in [0.15, 0.2) is 0 Å². The summed E-state index contributed by atoms with van der Waals surface area (Å²) < 4.78 is 0. The van der Waals surface area contributed by atoms with E-state index in [1.165, 1.54) is 0 Å². The summed E-state index contributed by atoms with van der Waals surface area (Å²) >= 11 is 0. The Bertz CT molecular complexity index is 181. The second kappa shape index (κ2) is 3.08. The number of nitrogens with one attached hydrogen (secondary N) is 1. The Hall–Kier alpha value is -0.530. The van der Waals surface area contributed by atoms with E-state index in [9.17, 15) is 4.79 Å². The first-order valence-electron chi connectivity index (χ1n) is 4.74. The second-order valence-electron chi connectivity index (χ2n) is 4.76. The van der Waals surface area contributed by atoms with Crippen LogP contribution in [0.3, 0.4) is 0 Å². The first-order chi connectivity index (χ1) is 5.45. The van der Waals surface area contributed by atoms with Crippen molar-refractivity contribution in [2.75, 3.05) is 0 Å². The highest BCUT2D eigenvalue weighted by molar-refractivity contribution is 5.79. The van der Waals surface area contributed by atoms with E-state index in [0.717, 1.165) is 6.42 Å². The summed E-state index contributed by atoms with van der Waals surface area (Å²) in [4.78, 5) is 11.2. The molecular formula is C10H19NO. The zero-order chi connectivity index (χ0) is 9.35. The quantitative estimate of drug-likeness (QED) is 0.638. The summed E-state index contributed by atoms with van der Waals surface area (Å²) in [5, 5.41) is 3.02. The van der Waals surface area contributed by atoms with Crippen LogP contribution in [0.15, 0.2) is 0 Å². The topological polar surface area (TPSA) is 29.1 Å². The van der Waals surface area contributed by atoms with Gasteiger partial charge in [-0.25, -0.2) is 0 Å². The number of rotatable bonds is 1. The van der Waals surface area contributed by atoms with Crippen molar-refractivity contribution < 1.29 is 4.79 Å². The lowest BCUT2D eigenvalue weighted by Gasteiger charge is -2.30. The summed E-state index contributed by atoms with van der Waals surface area (Å²) in [6.45, 7) is 8.76. The lowest BCUT2D eigenvalue weighted by atomic mass is 9.76. The number of amides is 1. The fraction of sp³-hybridized carbons (Fsp3) is 0.900. The number of carbonyl (C=O) groups excluding carboxylic acids is 1. The predicted molar refractivity (Wildman–Crippen MR) is 49.8 cm³/mol. The summed E-state index contributed by atoms with van der Waals surface area (Å²) in [5.41, 5.74) is 0.250. The van der Waals surface area contributed by atoms with E-state index in [-0.39, 0.29) is 11.3 Å². The van der Waals surface area contributed by atoms with Crippen LogP contribution in [0.1, 0.15) is 40.5 Å². The minimum Gasteiger partial charge on any atom is -0.353 e. The molecule has 2 heteroatoms. The van der Waals surface area contributed by atoms with Crippen LogP contribution in [0.4, 0.5) is 0 Å². The molecule has 0 spiro atoms. The minimum atomic E-state index is 0.224. The third kappa shape index (κ3) is 1.79. The van der Waals surface area contributed by atoms with E-state index in [1.54, 1.807) is 0 Å². The van der Waals surface area contributed by atoms with Gasteiger partial charge in [-0.2, -0.15) is 0 Å². The van der Waals surface area contributed by atoms with Crippen LogP contribution in [0, 0.1) is 11.3 Å². The molecule has 1 fully saturated rings. The van der Waals surface area contributed by atoms with Gasteiger partial charge in [0.1, 0.15) is 0 Å². The molecule has 1 saturated heterocycles. The number of hydrogen-bond acceptors (Lipinski definition) is 1. The zero-order valence-corrected chi connectivity index (χ0v) is 8.48. The third-order valence-electron chi connectivity index (χ3n) is 2.79. The van der Waals surface area contributed by atoms with Crippen molar-refractivity contribution in [1.82, 2.24) is 5.32 Å². The van der Waals surface area contributed by atoms with E-state index in [1.807, 2.05) is 0 Å². The molecule has 12 heavy (non-hydrogen) atoms. The predicted octanol–water partition coefficient (Wildman–Crippen LogP) is 1.95. The first-order valence-corrected chi connectivity index (χ1v) is 4.74. The smallest absolute Gasteiger partial charge is 0.220 e. The molecule has 1 heterocycles. The lowest BCUT2D eigenvalue weighted by Crippen LogP contribution is -2.34. The molecule has 70 valence electrons. The van der Waals surface area contributed by atoms with Crippen molar-refractivity contribution in [2.24, 2.45) is 11.3 Å². The maximum absolute atomic E-state index is 11.2. The molecule has 0 aromatic rings. The van der Waals surface area contributed by atoms with Gasteiger partial charge < -0.3 is 5.32 Å². The highest BCUT2D eigenvalue weighted by Crippen LogP contribution is 2.35. The normalized spacial score (nSPS) is 30.5. The minimum absolute atomic E-state index is 0.224. The highest BCUT2D eigenvalue weighted by atomic mass is 16.2. The molecular weight excluding hydrogens is 150 g/mol. The van der Waals surface area contributed by atoms with Crippen molar-refractivity contribution in [3.8, 4) is 0 Å². The Morgan fingerprint density at radius 1 is 1.50 bits per heavy atom. The van der Waals surface area contributed by atoms with Crippen LogP contribution >= 0.6 is 0 Å². The average molecular weight is 169 g/mol.